The van der Waals surface area contributed by atoms with Gasteiger partial charge in [-0.1, -0.05) is 0 Å². The van der Waals surface area contributed by atoms with Gasteiger partial charge in [-0.15, -0.1) is 0 Å². The maximum absolute atomic E-state index is 9.33. The molecule has 152 valence electrons. The lowest BCUT2D eigenvalue weighted by Gasteiger charge is -2.07. The topological polar surface area (TPSA) is 77.2 Å². The van der Waals surface area contributed by atoms with Gasteiger partial charge in [0.15, 0.2) is 0 Å². The maximum Gasteiger partial charge on any atom is 0.115 e. The maximum atomic E-state index is 9.33. The van der Waals surface area contributed by atoms with E-state index in [4.69, 9.17) is 0 Å². The number of anilines is 2. The Labute approximate surface area is 180 Å². The molecule has 0 amide bonds. The largest absolute Gasteiger partial charge is 0.508 e. The molecule has 4 aromatic carbocycles. The summed E-state index contributed by atoms with van der Waals surface area (Å²) in [7, 11) is 0. The van der Waals surface area contributed by atoms with Gasteiger partial charge in [-0.25, -0.2) is 0 Å². The van der Waals surface area contributed by atoms with Crippen LogP contribution in [0.1, 0.15) is 11.1 Å². The second-order valence-corrected chi connectivity index (χ2v) is 6.92. The first kappa shape index (κ1) is 19.9. The summed E-state index contributed by atoms with van der Waals surface area (Å²) in [5.74, 6) is 0.481. The molecule has 0 unspecified atom stereocenters. The van der Waals surface area contributed by atoms with Crippen LogP contribution in [0.3, 0.4) is 0 Å². The third-order valence-corrected chi connectivity index (χ3v) is 4.53. The van der Waals surface area contributed by atoms with Crippen molar-refractivity contribution in [1.29, 1.82) is 0 Å². The zero-order valence-corrected chi connectivity index (χ0v) is 16.7. The molecule has 0 fully saturated rings. The molecule has 0 aliphatic carbocycles. The number of hydrogen-bond acceptors (Lipinski definition) is 5. The Hall–Kier alpha value is -4.38. The van der Waals surface area contributed by atoms with Crippen LogP contribution in [0.15, 0.2) is 107 Å². The van der Waals surface area contributed by atoms with Gasteiger partial charge in [0.1, 0.15) is 11.5 Å². The molecule has 4 rings (SSSR count). The number of hydrogen-bond donors (Lipinski definition) is 3. The van der Waals surface area contributed by atoms with Crippen molar-refractivity contribution in [2.24, 2.45) is 9.98 Å². The van der Waals surface area contributed by atoms with E-state index in [1.807, 2.05) is 72.8 Å². The zero-order valence-electron chi connectivity index (χ0n) is 16.7. The van der Waals surface area contributed by atoms with E-state index in [-0.39, 0.29) is 11.5 Å². The van der Waals surface area contributed by atoms with Crippen LogP contribution in [0.4, 0.5) is 22.7 Å². The van der Waals surface area contributed by atoms with E-state index in [9.17, 15) is 10.2 Å². The van der Waals surface area contributed by atoms with Gasteiger partial charge in [-0.05, 0) is 108 Å². The molecule has 31 heavy (non-hydrogen) atoms. The lowest BCUT2D eigenvalue weighted by molar-refractivity contribution is 0.475. The summed E-state index contributed by atoms with van der Waals surface area (Å²) < 4.78 is 0. The Morgan fingerprint density at radius 2 is 0.839 bits per heavy atom. The fraction of sp³-hybridized carbons (Fsp3) is 0. The normalized spacial score (nSPS) is 11.2. The first-order chi connectivity index (χ1) is 15.1. The van der Waals surface area contributed by atoms with Crippen molar-refractivity contribution >= 4 is 35.2 Å². The number of phenolic OH excluding ortho intramolecular Hbond substituents is 2. The predicted octanol–water partition coefficient (Wildman–Crippen LogP) is 6.34. The van der Waals surface area contributed by atoms with Gasteiger partial charge in [0.25, 0.3) is 0 Å². The molecule has 4 aromatic rings. The molecular formula is C26H21N3O2. The molecule has 0 heterocycles. The van der Waals surface area contributed by atoms with Crippen LogP contribution in [-0.2, 0) is 0 Å². The van der Waals surface area contributed by atoms with Crippen LogP contribution in [0, 0.1) is 0 Å². The first-order valence-corrected chi connectivity index (χ1v) is 9.77. The average Bonchev–Trinajstić information content (AvgIpc) is 2.80. The standard InChI is InChI=1S/C26H21N3O2/c30-25-13-1-19(2-14-25)17-27-21-5-9-23(10-6-21)29-24-11-7-22(8-12-24)28-18-20-3-15-26(31)16-4-20/h1-18,29-31H/b27-17+,28-18?. The lowest BCUT2D eigenvalue weighted by Crippen LogP contribution is -1.89. The number of aliphatic imine (C=N–C) groups is 2. The molecule has 0 saturated heterocycles. The second-order valence-electron chi connectivity index (χ2n) is 6.92. The molecule has 0 saturated carbocycles. The minimum atomic E-state index is 0.241. The van der Waals surface area contributed by atoms with E-state index in [1.54, 1.807) is 36.7 Å². The molecular weight excluding hydrogens is 386 g/mol. The van der Waals surface area contributed by atoms with Gasteiger partial charge in [0.05, 0.1) is 11.4 Å². The molecule has 0 aliphatic heterocycles. The summed E-state index contributed by atoms with van der Waals surface area (Å²) in [5.41, 5.74) is 5.46. The highest BCUT2D eigenvalue weighted by Gasteiger charge is 1.97. The van der Waals surface area contributed by atoms with Gasteiger partial charge < -0.3 is 15.5 Å². The van der Waals surface area contributed by atoms with Crippen LogP contribution in [0.5, 0.6) is 11.5 Å². The van der Waals surface area contributed by atoms with E-state index in [0.29, 0.717) is 0 Å². The Morgan fingerprint density at radius 1 is 0.484 bits per heavy atom. The summed E-state index contributed by atoms with van der Waals surface area (Å²) in [4.78, 5) is 8.90. The summed E-state index contributed by atoms with van der Waals surface area (Å²) >= 11 is 0. The summed E-state index contributed by atoms with van der Waals surface area (Å²) in [6.45, 7) is 0. The van der Waals surface area contributed by atoms with Gasteiger partial charge in [0, 0.05) is 23.8 Å². The third-order valence-electron chi connectivity index (χ3n) is 4.53. The van der Waals surface area contributed by atoms with Crippen molar-refractivity contribution < 1.29 is 10.2 Å². The van der Waals surface area contributed by atoms with Crippen LogP contribution >= 0.6 is 0 Å². The number of phenols is 2. The highest BCUT2D eigenvalue weighted by Crippen LogP contribution is 2.23. The zero-order chi connectivity index (χ0) is 21.5. The van der Waals surface area contributed by atoms with Crippen LogP contribution in [0.25, 0.3) is 0 Å². The van der Waals surface area contributed by atoms with E-state index in [1.165, 1.54) is 0 Å². The minimum absolute atomic E-state index is 0.241. The van der Waals surface area contributed by atoms with Crippen molar-refractivity contribution in [2.75, 3.05) is 5.32 Å². The number of rotatable bonds is 6. The van der Waals surface area contributed by atoms with Crippen LogP contribution in [-0.4, -0.2) is 22.6 Å². The lowest BCUT2D eigenvalue weighted by atomic mass is 10.2. The van der Waals surface area contributed by atoms with Crippen molar-refractivity contribution in [3.05, 3.63) is 108 Å². The Kier molecular flexibility index (Phi) is 6.05. The van der Waals surface area contributed by atoms with Gasteiger partial charge in [-0.2, -0.15) is 0 Å². The Morgan fingerprint density at radius 3 is 1.19 bits per heavy atom. The van der Waals surface area contributed by atoms with E-state index >= 15 is 0 Å². The molecule has 0 aromatic heterocycles. The van der Waals surface area contributed by atoms with Crippen LogP contribution in [0.2, 0.25) is 0 Å². The predicted molar refractivity (Wildman–Crippen MR) is 127 cm³/mol. The van der Waals surface area contributed by atoms with Gasteiger partial charge >= 0.3 is 0 Å². The smallest absolute Gasteiger partial charge is 0.115 e. The quantitative estimate of drug-likeness (QED) is 0.326. The molecule has 0 radical (unpaired) electrons. The van der Waals surface area contributed by atoms with Crippen molar-refractivity contribution in [2.45, 2.75) is 0 Å². The fourth-order valence-electron chi connectivity index (χ4n) is 2.85. The summed E-state index contributed by atoms with van der Waals surface area (Å²) in [6.07, 6.45) is 3.53. The molecule has 0 aliphatic rings. The molecule has 5 heteroatoms. The van der Waals surface area contributed by atoms with E-state index in [2.05, 4.69) is 15.3 Å². The Balaban J connectivity index is 1.35. The Bertz CT molecular complexity index is 1080. The molecule has 0 bridgehead atoms. The SMILES string of the molecule is Oc1ccc(C=Nc2ccc(Nc3ccc(/N=C/c4ccc(O)cc4)cc3)cc2)cc1. The van der Waals surface area contributed by atoms with Crippen molar-refractivity contribution in [1.82, 2.24) is 0 Å². The number of aromatic hydroxyl groups is 2. The van der Waals surface area contributed by atoms with Crippen LogP contribution < -0.4 is 5.32 Å². The van der Waals surface area contributed by atoms with E-state index in [0.717, 1.165) is 33.9 Å². The summed E-state index contributed by atoms with van der Waals surface area (Å²) in [5, 5.41) is 22.0. The van der Waals surface area contributed by atoms with E-state index < -0.39 is 0 Å². The number of nitrogens with zero attached hydrogens (tertiary/aromatic N) is 2. The first-order valence-electron chi connectivity index (χ1n) is 9.77. The highest BCUT2D eigenvalue weighted by atomic mass is 16.3. The number of nitrogens with one attached hydrogen (secondary N) is 1. The summed E-state index contributed by atoms with van der Waals surface area (Å²) in [6, 6.07) is 29.5. The third kappa shape index (κ3) is 5.81. The van der Waals surface area contributed by atoms with Gasteiger partial charge in [0.2, 0.25) is 0 Å². The minimum Gasteiger partial charge on any atom is -0.508 e. The highest BCUT2D eigenvalue weighted by molar-refractivity contribution is 5.83. The fourth-order valence-corrected chi connectivity index (χ4v) is 2.85. The molecule has 0 spiro atoms. The molecule has 5 nitrogen and oxygen atoms in total. The number of benzene rings is 4. The van der Waals surface area contributed by atoms with Gasteiger partial charge in [-0.3, -0.25) is 9.98 Å². The second kappa shape index (κ2) is 9.41. The average molecular weight is 407 g/mol. The monoisotopic (exact) mass is 407 g/mol. The van der Waals surface area contributed by atoms with Crippen molar-refractivity contribution in [3.8, 4) is 11.5 Å². The molecule has 3 N–H and O–H groups in total. The molecule has 0 atom stereocenters. The van der Waals surface area contributed by atoms with Crippen molar-refractivity contribution in [3.63, 3.8) is 0 Å².